The van der Waals surface area contributed by atoms with E-state index in [1.165, 1.54) is 6.07 Å². The molecular weight excluding hydrogens is 337 g/mol. The molecular formula is C15H18FN3O4S. The monoisotopic (exact) mass is 355 g/mol. The highest BCUT2D eigenvalue weighted by molar-refractivity contribution is 7.92. The van der Waals surface area contributed by atoms with Crippen LogP contribution in [0.15, 0.2) is 22.8 Å². The number of sulfone groups is 1. The van der Waals surface area contributed by atoms with Gasteiger partial charge in [0.2, 0.25) is 0 Å². The van der Waals surface area contributed by atoms with Crippen molar-refractivity contribution in [3.05, 3.63) is 46.5 Å². The summed E-state index contributed by atoms with van der Waals surface area (Å²) in [4.78, 5) is 0. The van der Waals surface area contributed by atoms with E-state index >= 15 is 0 Å². The Hall–Kier alpha value is -1.84. The van der Waals surface area contributed by atoms with E-state index in [2.05, 4.69) is 15.8 Å². The molecule has 0 bridgehead atoms. The fourth-order valence-electron chi connectivity index (χ4n) is 2.95. The summed E-state index contributed by atoms with van der Waals surface area (Å²) in [5.41, 5.74) is 4.48. The Labute approximate surface area is 138 Å². The molecule has 1 aromatic carbocycles. The van der Waals surface area contributed by atoms with E-state index in [1.54, 1.807) is 19.1 Å². The lowest BCUT2D eigenvalue weighted by molar-refractivity contribution is 0.121. The number of nitrogens with one attached hydrogen (secondary N) is 1. The molecule has 0 spiro atoms. The van der Waals surface area contributed by atoms with Gasteiger partial charge in [-0.2, -0.15) is 5.48 Å². The number of hydroxylamine groups is 1. The van der Waals surface area contributed by atoms with Crippen molar-refractivity contribution in [1.82, 2.24) is 15.8 Å². The molecule has 1 saturated heterocycles. The topological polar surface area (TPSA) is 105 Å². The number of hydrogen-bond acceptors (Lipinski definition) is 7. The second-order valence-electron chi connectivity index (χ2n) is 6.21. The van der Waals surface area contributed by atoms with Crippen molar-refractivity contribution in [3.63, 3.8) is 0 Å². The van der Waals surface area contributed by atoms with Crippen LogP contribution in [0.2, 0.25) is 0 Å². The van der Waals surface area contributed by atoms with Crippen LogP contribution in [0.5, 0.6) is 0 Å². The second kappa shape index (κ2) is 6.58. The maximum Gasteiger partial charge on any atom is 0.150 e. The van der Waals surface area contributed by atoms with Crippen LogP contribution in [0.4, 0.5) is 4.39 Å². The summed E-state index contributed by atoms with van der Waals surface area (Å²) in [6, 6.07) is 4.14. The van der Waals surface area contributed by atoms with Gasteiger partial charge in [-0.25, -0.2) is 17.4 Å². The van der Waals surface area contributed by atoms with Crippen molar-refractivity contribution in [2.75, 3.05) is 11.5 Å². The van der Waals surface area contributed by atoms with Crippen molar-refractivity contribution in [2.45, 2.75) is 25.8 Å². The first kappa shape index (κ1) is 17.0. The zero-order valence-corrected chi connectivity index (χ0v) is 13.9. The van der Waals surface area contributed by atoms with Crippen LogP contribution < -0.4 is 5.48 Å². The van der Waals surface area contributed by atoms with Crippen LogP contribution >= 0.6 is 0 Å². The summed E-state index contributed by atoms with van der Waals surface area (Å²) >= 11 is 0. The highest BCUT2D eigenvalue weighted by Crippen LogP contribution is 2.26. The molecule has 2 aromatic rings. The van der Waals surface area contributed by atoms with Crippen LogP contribution in [0.25, 0.3) is 0 Å². The van der Waals surface area contributed by atoms with Gasteiger partial charge in [-0.15, -0.1) is 0 Å². The van der Waals surface area contributed by atoms with Crippen LogP contribution in [-0.2, 0) is 22.7 Å². The molecule has 3 rings (SSSR count). The van der Waals surface area contributed by atoms with Gasteiger partial charge in [0.1, 0.15) is 17.2 Å². The predicted molar refractivity (Wildman–Crippen MR) is 82.7 cm³/mol. The molecule has 1 aliphatic heterocycles. The summed E-state index contributed by atoms with van der Waals surface area (Å²) < 4.78 is 40.6. The Balaban J connectivity index is 1.74. The molecule has 0 saturated carbocycles. The molecule has 1 aromatic heterocycles. The third-order valence-corrected chi connectivity index (χ3v) is 6.15. The molecule has 0 radical (unpaired) electrons. The molecule has 24 heavy (non-hydrogen) atoms. The smallest absolute Gasteiger partial charge is 0.150 e. The van der Waals surface area contributed by atoms with Crippen molar-refractivity contribution >= 4 is 9.84 Å². The SMILES string of the molecule is Cc1cc(CC(NO)c2nonc2CC2CS(=O)(=O)C2)ccc1F. The van der Waals surface area contributed by atoms with E-state index in [4.69, 9.17) is 4.63 Å². The number of benzene rings is 1. The molecule has 7 nitrogen and oxygen atoms in total. The zero-order valence-electron chi connectivity index (χ0n) is 13.1. The van der Waals surface area contributed by atoms with Crippen LogP contribution in [0.3, 0.4) is 0 Å². The maximum absolute atomic E-state index is 13.4. The van der Waals surface area contributed by atoms with Gasteiger partial charge in [-0.1, -0.05) is 22.4 Å². The maximum atomic E-state index is 13.4. The number of halogens is 1. The number of nitrogens with zero attached hydrogens (tertiary/aromatic N) is 2. The lowest BCUT2D eigenvalue weighted by Gasteiger charge is -2.25. The Kier molecular flexibility index (Phi) is 4.66. The van der Waals surface area contributed by atoms with E-state index < -0.39 is 15.9 Å². The van der Waals surface area contributed by atoms with Gasteiger partial charge in [0.15, 0.2) is 9.84 Å². The third-order valence-electron chi connectivity index (χ3n) is 4.20. The quantitative estimate of drug-likeness (QED) is 0.754. The number of aryl methyl sites for hydroxylation is 1. The van der Waals surface area contributed by atoms with Gasteiger partial charge in [-0.3, -0.25) is 0 Å². The van der Waals surface area contributed by atoms with Crippen molar-refractivity contribution in [1.29, 1.82) is 0 Å². The Morgan fingerprint density at radius 2 is 2.17 bits per heavy atom. The lowest BCUT2D eigenvalue weighted by Crippen LogP contribution is -2.38. The minimum absolute atomic E-state index is 0.00643. The summed E-state index contributed by atoms with van der Waals surface area (Å²) in [7, 11) is -2.91. The van der Waals surface area contributed by atoms with Crippen LogP contribution in [0.1, 0.15) is 28.6 Å². The lowest BCUT2D eigenvalue weighted by atomic mass is 9.98. The molecule has 0 aliphatic carbocycles. The Morgan fingerprint density at radius 3 is 2.79 bits per heavy atom. The summed E-state index contributed by atoms with van der Waals surface area (Å²) in [5.74, 6) is -0.0308. The fraction of sp³-hybridized carbons (Fsp3) is 0.467. The minimum Gasteiger partial charge on any atom is -0.316 e. The minimum atomic E-state index is -2.91. The zero-order chi connectivity index (χ0) is 17.3. The summed E-state index contributed by atoms with van der Waals surface area (Å²) in [6.07, 6.45) is 0.792. The molecule has 2 heterocycles. The van der Waals surface area contributed by atoms with Crippen LogP contribution in [-0.4, -0.2) is 35.4 Å². The first-order chi connectivity index (χ1) is 11.4. The van der Waals surface area contributed by atoms with Gasteiger partial charge in [0.05, 0.1) is 17.5 Å². The van der Waals surface area contributed by atoms with E-state index in [0.29, 0.717) is 29.8 Å². The van der Waals surface area contributed by atoms with Crippen molar-refractivity contribution < 1.29 is 22.6 Å². The standard InChI is InChI=1S/C15H18FN3O4S/c1-9-4-10(2-3-12(9)16)5-13(17-20)15-14(18-23-19-15)6-11-7-24(21,22)8-11/h2-4,11,13,17,20H,5-8H2,1H3. The van der Waals surface area contributed by atoms with Gasteiger partial charge in [0.25, 0.3) is 0 Å². The van der Waals surface area contributed by atoms with Crippen molar-refractivity contribution in [2.24, 2.45) is 5.92 Å². The molecule has 130 valence electrons. The van der Waals surface area contributed by atoms with Gasteiger partial charge >= 0.3 is 0 Å². The average Bonchev–Trinajstić information content (AvgIpc) is 2.94. The number of rotatable bonds is 6. The predicted octanol–water partition coefficient (Wildman–Crippen LogP) is 1.37. The van der Waals surface area contributed by atoms with Gasteiger partial charge in [0, 0.05) is 0 Å². The summed E-state index contributed by atoms with van der Waals surface area (Å²) in [6.45, 7) is 1.67. The third kappa shape index (κ3) is 3.63. The largest absolute Gasteiger partial charge is 0.316 e. The summed E-state index contributed by atoms with van der Waals surface area (Å²) in [5, 5.41) is 17.1. The first-order valence-corrected chi connectivity index (χ1v) is 9.36. The van der Waals surface area contributed by atoms with E-state index in [-0.39, 0.29) is 23.2 Å². The molecule has 1 fully saturated rings. The number of hydrogen-bond donors (Lipinski definition) is 2. The van der Waals surface area contributed by atoms with E-state index in [1.807, 2.05) is 0 Å². The van der Waals surface area contributed by atoms with E-state index in [0.717, 1.165) is 5.56 Å². The molecule has 1 atom stereocenters. The van der Waals surface area contributed by atoms with Crippen LogP contribution in [0, 0.1) is 18.7 Å². The molecule has 2 N–H and O–H groups in total. The average molecular weight is 355 g/mol. The fourth-order valence-corrected chi connectivity index (χ4v) is 4.53. The molecule has 1 unspecified atom stereocenters. The second-order valence-corrected chi connectivity index (χ2v) is 8.37. The Bertz CT molecular complexity index is 825. The molecule has 1 aliphatic rings. The highest BCUT2D eigenvalue weighted by Gasteiger charge is 2.35. The van der Waals surface area contributed by atoms with Crippen molar-refractivity contribution in [3.8, 4) is 0 Å². The highest BCUT2D eigenvalue weighted by atomic mass is 32.2. The van der Waals surface area contributed by atoms with E-state index in [9.17, 15) is 18.0 Å². The number of aromatic nitrogens is 2. The molecule has 9 heteroatoms. The first-order valence-electron chi connectivity index (χ1n) is 7.54. The van der Waals surface area contributed by atoms with Gasteiger partial charge < -0.3 is 5.21 Å². The molecule has 0 amide bonds. The normalized spacial score (nSPS) is 18.3. The Morgan fingerprint density at radius 1 is 1.42 bits per heavy atom. The van der Waals surface area contributed by atoms with Gasteiger partial charge in [-0.05, 0) is 42.9 Å².